The second-order valence-electron chi connectivity index (χ2n) is 5.03. The number of hydroxylamine groups is 1. The molecule has 9 nitrogen and oxygen atoms in total. The molecule has 0 unspecified atom stereocenters. The number of carbonyl (C=O) groups is 1. The van der Waals surface area contributed by atoms with Gasteiger partial charge >= 0.3 is 11.7 Å². The van der Waals surface area contributed by atoms with Gasteiger partial charge in [-0.15, -0.1) is 0 Å². The Morgan fingerprint density at radius 2 is 2.09 bits per heavy atom. The van der Waals surface area contributed by atoms with Gasteiger partial charge < -0.3 is 29.5 Å². The average Bonchev–Trinajstić information content (AvgIpc) is 2.53. The fraction of sp³-hybridized carbons (Fsp3) is 0.462. The first-order chi connectivity index (χ1) is 10.4. The third-order valence-corrected chi connectivity index (χ3v) is 3.72. The maximum Gasteiger partial charge on any atom is 0.326 e. The van der Waals surface area contributed by atoms with Crippen molar-refractivity contribution in [2.75, 3.05) is 18.8 Å². The summed E-state index contributed by atoms with van der Waals surface area (Å²) in [7, 11) is 1.42. The van der Waals surface area contributed by atoms with Crippen LogP contribution in [0.25, 0.3) is 0 Å². The van der Waals surface area contributed by atoms with Gasteiger partial charge in [-0.05, 0) is 12.1 Å². The first-order valence-corrected chi connectivity index (χ1v) is 6.49. The van der Waals surface area contributed by atoms with E-state index in [2.05, 4.69) is 0 Å². The van der Waals surface area contributed by atoms with E-state index in [1.807, 2.05) is 0 Å². The van der Waals surface area contributed by atoms with Crippen molar-refractivity contribution in [3.8, 4) is 11.5 Å². The minimum Gasteiger partial charge on any atom is -0.497 e. The first-order valence-electron chi connectivity index (χ1n) is 6.49. The molecular weight excluding hydrogens is 298 g/mol. The number of aliphatic hydroxyl groups is 3. The van der Waals surface area contributed by atoms with Crippen LogP contribution in [0.15, 0.2) is 18.2 Å². The van der Waals surface area contributed by atoms with E-state index in [1.54, 1.807) is 0 Å². The predicted molar refractivity (Wildman–Crippen MR) is 69.6 cm³/mol. The molecule has 120 valence electrons. The Bertz CT molecular complexity index is 608. The Balaban J connectivity index is 2.05. The number of hydrogen-bond donors (Lipinski definition) is 4. The fourth-order valence-electron chi connectivity index (χ4n) is 2.45. The van der Waals surface area contributed by atoms with Crippen LogP contribution in [0.3, 0.4) is 0 Å². The molecule has 2 aliphatic rings. The minimum absolute atomic E-state index is 0.0177. The molecule has 1 fully saturated rings. The highest BCUT2D eigenvalue weighted by Crippen LogP contribution is 2.42. The van der Waals surface area contributed by atoms with Gasteiger partial charge in [-0.3, -0.25) is 10.0 Å². The summed E-state index contributed by atoms with van der Waals surface area (Å²) in [6.45, 7) is -0.447. The van der Waals surface area contributed by atoms with Crippen LogP contribution in [0.2, 0.25) is 0 Å². The number of benzene rings is 1. The van der Waals surface area contributed by atoms with Crippen LogP contribution < -0.4 is 14.5 Å². The number of aliphatic hydroxyl groups excluding tert-OH is 3. The van der Waals surface area contributed by atoms with Crippen molar-refractivity contribution in [1.82, 2.24) is 0 Å². The number of anilines is 1. The Morgan fingerprint density at radius 1 is 1.36 bits per heavy atom. The molecule has 2 heterocycles. The van der Waals surface area contributed by atoms with E-state index in [9.17, 15) is 25.3 Å². The van der Waals surface area contributed by atoms with Gasteiger partial charge in [-0.25, -0.2) is 0 Å². The number of nitrogens with zero attached hydrogens (tertiary/aromatic N) is 1. The fourth-order valence-corrected chi connectivity index (χ4v) is 2.45. The van der Waals surface area contributed by atoms with E-state index >= 15 is 0 Å². The van der Waals surface area contributed by atoms with Crippen molar-refractivity contribution in [3.63, 3.8) is 0 Å². The number of amides is 1. The lowest BCUT2D eigenvalue weighted by atomic mass is 9.94. The van der Waals surface area contributed by atoms with Crippen molar-refractivity contribution in [2.24, 2.45) is 0 Å². The van der Waals surface area contributed by atoms with Gasteiger partial charge in [0.15, 0.2) is 11.9 Å². The Kier molecular flexibility index (Phi) is 3.46. The van der Waals surface area contributed by atoms with E-state index in [0.29, 0.717) is 5.75 Å². The van der Waals surface area contributed by atoms with Crippen LogP contribution in [0.1, 0.15) is 0 Å². The highest BCUT2D eigenvalue weighted by atomic mass is 16.7. The zero-order valence-corrected chi connectivity index (χ0v) is 11.5. The van der Waals surface area contributed by atoms with Crippen molar-refractivity contribution in [3.05, 3.63) is 18.2 Å². The van der Waals surface area contributed by atoms with Gasteiger partial charge in [0.2, 0.25) is 0 Å². The van der Waals surface area contributed by atoms with Gasteiger partial charge in [-0.2, -0.15) is 5.06 Å². The molecule has 0 bridgehead atoms. The lowest BCUT2D eigenvalue weighted by Gasteiger charge is -2.46. The van der Waals surface area contributed by atoms with Crippen LogP contribution in [-0.2, 0) is 9.53 Å². The third kappa shape index (κ3) is 1.95. The highest BCUT2D eigenvalue weighted by molar-refractivity contribution is 6.00. The summed E-state index contributed by atoms with van der Waals surface area (Å²) >= 11 is 0. The Morgan fingerprint density at radius 3 is 2.77 bits per heavy atom. The average molecular weight is 313 g/mol. The van der Waals surface area contributed by atoms with Gasteiger partial charge in [0.05, 0.1) is 13.7 Å². The number of ether oxygens (including phenoxy) is 3. The summed E-state index contributed by atoms with van der Waals surface area (Å²) in [5.74, 6) is -3.04. The van der Waals surface area contributed by atoms with Crippen molar-refractivity contribution < 1.29 is 39.5 Å². The van der Waals surface area contributed by atoms with Crippen LogP contribution in [0.5, 0.6) is 11.5 Å². The van der Waals surface area contributed by atoms with E-state index in [-0.39, 0.29) is 16.5 Å². The molecule has 0 aliphatic carbocycles. The summed E-state index contributed by atoms with van der Waals surface area (Å²) in [5, 5.41) is 39.7. The maximum absolute atomic E-state index is 12.3. The topological polar surface area (TPSA) is 129 Å². The van der Waals surface area contributed by atoms with E-state index in [1.165, 1.54) is 25.3 Å². The van der Waals surface area contributed by atoms with Crippen LogP contribution in [0, 0.1) is 0 Å². The molecule has 9 heteroatoms. The van der Waals surface area contributed by atoms with E-state index in [0.717, 1.165) is 0 Å². The number of hydrogen-bond acceptors (Lipinski definition) is 8. The normalized spacial score (nSPS) is 34.3. The molecule has 1 aromatic rings. The van der Waals surface area contributed by atoms with Gasteiger partial charge in [-0.1, -0.05) is 0 Å². The zero-order chi connectivity index (χ0) is 16.1. The minimum atomic E-state index is -2.34. The molecule has 1 spiro atoms. The quantitative estimate of drug-likeness (QED) is 0.467. The van der Waals surface area contributed by atoms with Crippen molar-refractivity contribution in [2.45, 2.75) is 24.1 Å². The first kappa shape index (κ1) is 15.0. The summed E-state index contributed by atoms with van der Waals surface area (Å²) in [6.07, 6.45) is -4.94. The molecule has 0 radical (unpaired) electrons. The molecule has 0 saturated carbocycles. The van der Waals surface area contributed by atoms with E-state index in [4.69, 9.17) is 14.2 Å². The largest absolute Gasteiger partial charge is 0.497 e. The molecule has 1 saturated heterocycles. The molecular formula is C13H15NO8. The molecule has 22 heavy (non-hydrogen) atoms. The van der Waals surface area contributed by atoms with Crippen molar-refractivity contribution >= 4 is 11.6 Å². The molecule has 4 N–H and O–H groups in total. The smallest absolute Gasteiger partial charge is 0.326 e. The summed E-state index contributed by atoms with van der Waals surface area (Å²) in [4.78, 5) is 12.3. The van der Waals surface area contributed by atoms with Crippen molar-refractivity contribution in [1.29, 1.82) is 0 Å². The molecule has 0 aromatic heterocycles. The van der Waals surface area contributed by atoms with Crippen LogP contribution in [-0.4, -0.2) is 64.2 Å². The lowest BCUT2D eigenvalue weighted by molar-refractivity contribution is -0.295. The van der Waals surface area contributed by atoms with Gasteiger partial charge in [0.25, 0.3) is 0 Å². The monoisotopic (exact) mass is 313 g/mol. The highest BCUT2D eigenvalue weighted by Gasteiger charge is 2.61. The SMILES string of the molecule is COc1ccc2c(c1)O[C@]1(OC[C@@H](O)[C@@H](O)[C@@H]1O)C(=O)N2O. The van der Waals surface area contributed by atoms with Crippen LogP contribution in [0.4, 0.5) is 5.69 Å². The number of carbonyl (C=O) groups excluding carboxylic acids is 1. The second-order valence-corrected chi connectivity index (χ2v) is 5.03. The standard InChI is InChI=1S/C13H15NO8/c1-20-6-2-3-7-9(4-6)22-13(12(18)14(7)19)11(17)10(16)8(15)5-21-13/h2-4,8,10-11,15-17,19H,5H2,1H3/t8-,10-,11+,13+/m1/s1. The molecule has 4 atom stereocenters. The number of methoxy groups -OCH3 is 1. The summed E-state index contributed by atoms with van der Waals surface area (Å²) in [5.41, 5.74) is 0.0350. The van der Waals surface area contributed by atoms with Crippen LogP contribution >= 0.6 is 0 Å². The zero-order valence-electron chi connectivity index (χ0n) is 11.5. The molecule has 2 aliphatic heterocycles. The number of fused-ring (bicyclic) bond motifs is 1. The third-order valence-electron chi connectivity index (χ3n) is 3.72. The molecule has 1 amide bonds. The lowest BCUT2D eigenvalue weighted by Crippen LogP contribution is -2.71. The maximum atomic E-state index is 12.3. The number of rotatable bonds is 1. The van der Waals surface area contributed by atoms with E-state index < -0.39 is 36.6 Å². The van der Waals surface area contributed by atoms with Gasteiger partial charge in [0, 0.05) is 6.07 Å². The Labute approximate surface area is 124 Å². The molecule has 3 rings (SSSR count). The predicted octanol–water partition coefficient (Wildman–Crippen LogP) is -1.38. The molecule has 1 aromatic carbocycles. The van der Waals surface area contributed by atoms with Gasteiger partial charge in [0.1, 0.15) is 23.6 Å². The Hall–Kier alpha value is -1.91. The second kappa shape index (κ2) is 5.07. The summed E-state index contributed by atoms with van der Waals surface area (Å²) < 4.78 is 15.6. The summed E-state index contributed by atoms with van der Waals surface area (Å²) in [6, 6.07) is 4.28.